The molecule has 1 saturated heterocycles. The molecule has 1 aliphatic heterocycles. The second-order valence-corrected chi connectivity index (χ2v) is 6.16. The number of urea groups is 1. The minimum Gasteiger partial charge on any atom is -0.373 e. The molecule has 5 nitrogen and oxygen atoms in total. The summed E-state index contributed by atoms with van der Waals surface area (Å²) in [5, 5.41) is 5.71. The Hall–Kier alpha value is -2.40. The van der Waals surface area contributed by atoms with E-state index in [9.17, 15) is 4.79 Å². The zero-order valence-corrected chi connectivity index (χ0v) is 13.9. The SMILES string of the molecule is Cc1ccc(NC(=O)NC[C@@H]2CCCO[C@@H]2c2ccccc2)nc1. The van der Waals surface area contributed by atoms with Crippen molar-refractivity contribution < 1.29 is 9.53 Å². The molecule has 3 rings (SSSR count). The molecule has 1 aliphatic rings. The average molecular weight is 325 g/mol. The summed E-state index contributed by atoms with van der Waals surface area (Å²) < 4.78 is 5.96. The van der Waals surface area contributed by atoms with Gasteiger partial charge < -0.3 is 10.1 Å². The van der Waals surface area contributed by atoms with Crippen molar-refractivity contribution in [3.63, 3.8) is 0 Å². The Morgan fingerprint density at radius 1 is 1.25 bits per heavy atom. The molecule has 1 fully saturated rings. The van der Waals surface area contributed by atoms with Crippen molar-refractivity contribution in [2.75, 3.05) is 18.5 Å². The van der Waals surface area contributed by atoms with Gasteiger partial charge in [0.1, 0.15) is 5.82 Å². The van der Waals surface area contributed by atoms with Crippen LogP contribution in [0.5, 0.6) is 0 Å². The zero-order valence-electron chi connectivity index (χ0n) is 13.9. The van der Waals surface area contributed by atoms with Crippen molar-refractivity contribution in [1.82, 2.24) is 10.3 Å². The number of amides is 2. The molecule has 2 amide bonds. The predicted molar refractivity (Wildman–Crippen MR) is 93.9 cm³/mol. The van der Waals surface area contributed by atoms with Crippen molar-refractivity contribution in [3.05, 3.63) is 59.8 Å². The summed E-state index contributed by atoms with van der Waals surface area (Å²) in [6.07, 6.45) is 3.84. The molecule has 0 bridgehead atoms. The maximum Gasteiger partial charge on any atom is 0.320 e. The molecule has 2 heterocycles. The van der Waals surface area contributed by atoms with E-state index in [1.165, 1.54) is 5.56 Å². The first-order valence-electron chi connectivity index (χ1n) is 8.36. The number of benzene rings is 1. The van der Waals surface area contributed by atoms with E-state index < -0.39 is 0 Å². The van der Waals surface area contributed by atoms with E-state index >= 15 is 0 Å². The lowest BCUT2D eigenvalue weighted by Gasteiger charge is -2.32. The number of aromatic nitrogens is 1. The van der Waals surface area contributed by atoms with E-state index in [4.69, 9.17) is 4.74 Å². The third-order valence-corrected chi connectivity index (χ3v) is 4.25. The van der Waals surface area contributed by atoms with Crippen molar-refractivity contribution >= 4 is 11.8 Å². The number of nitrogens with one attached hydrogen (secondary N) is 2. The number of pyridine rings is 1. The number of carbonyl (C=O) groups is 1. The molecule has 0 aliphatic carbocycles. The third-order valence-electron chi connectivity index (χ3n) is 4.25. The summed E-state index contributed by atoms with van der Waals surface area (Å²) in [7, 11) is 0. The van der Waals surface area contributed by atoms with Gasteiger partial charge in [-0.3, -0.25) is 5.32 Å². The fourth-order valence-corrected chi connectivity index (χ4v) is 2.99. The van der Waals surface area contributed by atoms with Crippen LogP contribution >= 0.6 is 0 Å². The van der Waals surface area contributed by atoms with E-state index in [1.807, 2.05) is 31.2 Å². The Morgan fingerprint density at radius 2 is 2.08 bits per heavy atom. The summed E-state index contributed by atoms with van der Waals surface area (Å²) >= 11 is 0. The molecule has 24 heavy (non-hydrogen) atoms. The number of aryl methyl sites for hydroxylation is 1. The molecule has 2 aromatic rings. The van der Waals surface area contributed by atoms with Gasteiger partial charge in [0, 0.05) is 25.3 Å². The number of nitrogens with zero attached hydrogens (tertiary/aromatic N) is 1. The molecule has 0 spiro atoms. The van der Waals surface area contributed by atoms with Gasteiger partial charge in [-0.2, -0.15) is 0 Å². The lowest BCUT2D eigenvalue weighted by Crippen LogP contribution is -2.37. The highest BCUT2D eigenvalue weighted by molar-refractivity contribution is 5.88. The van der Waals surface area contributed by atoms with Crippen LogP contribution in [-0.4, -0.2) is 24.2 Å². The Bertz CT molecular complexity index is 658. The van der Waals surface area contributed by atoms with Gasteiger partial charge in [0.2, 0.25) is 0 Å². The van der Waals surface area contributed by atoms with Crippen LogP contribution < -0.4 is 10.6 Å². The van der Waals surface area contributed by atoms with Gasteiger partial charge in [-0.25, -0.2) is 9.78 Å². The van der Waals surface area contributed by atoms with Crippen molar-refractivity contribution in [3.8, 4) is 0 Å². The number of ether oxygens (including phenoxy) is 1. The monoisotopic (exact) mass is 325 g/mol. The normalized spacial score (nSPS) is 20.4. The Morgan fingerprint density at radius 3 is 2.83 bits per heavy atom. The second-order valence-electron chi connectivity index (χ2n) is 6.16. The van der Waals surface area contributed by atoms with Gasteiger partial charge in [-0.1, -0.05) is 36.4 Å². The number of carbonyl (C=O) groups excluding carboxylic acids is 1. The Labute approximate surface area is 142 Å². The van der Waals surface area contributed by atoms with E-state index in [-0.39, 0.29) is 18.1 Å². The van der Waals surface area contributed by atoms with E-state index in [2.05, 4.69) is 27.8 Å². The Balaban J connectivity index is 1.55. The fraction of sp³-hybridized carbons (Fsp3) is 0.368. The topological polar surface area (TPSA) is 63.2 Å². The maximum atomic E-state index is 12.1. The van der Waals surface area contributed by atoms with Crippen molar-refractivity contribution in [1.29, 1.82) is 0 Å². The Kier molecular flexibility index (Phi) is 5.43. The molecular formula is C19H23N3O2. The first-order valence-corrected chi connectivity index (χ1v) is 8.36. The van der Waals surface area contributed by atoms with Crippen LogP contribution in [0, 0.1) is 12.8 Å². The van der Waals surface area contributed by atoms with Gasteiger partial charge in [-0.15, -0.1) is 0 Å². The molecule has 1 aromatic heterocycles. The summed E-state index contributed by atoms with van der Waals surface area (Å²) in [5.41, 5.74) is 2.23. The van der Waals surface area contributed by atoms with Gasteiger partial charge in [0.05, 0.1) is 6.10 Å². The summed E-state index contributed by atoms with van der Waals surface area (Å²) in [6.45, 7) is 3.32. The molecule has 2 N–H and O–H groups in total. The molecule has 2 atom stereocenters. The predicted octanol–water partition coefficient (Wildman–Crippen LogP) is 3.68. The second kappa shape index (κ2) is 7.93. The van der Waals surface area contributed by atoms with E-state index in [0.717, 1.165) is 25.0 Å². The average Bonchev–Trinajstić information content (AvgIpc) is 2.63. The summed E-state index contributed by atoms with van der Waals surface area (Å²) in [4.78, 5) is 16.3. The number of hydrogen-bond donors (Lipinski definition) is 2. The lowest BCUT2D eigenvalue weighted by atomic mass is 9.89. The number of hydrogen-bond acceptors (Lipinski definition) is 3. The molecular weight excluding hydrogens is 302 g/mol. The minimum atomic E-state index is -0.233. The summed E-state index contributed by atoms with van der Waals surface area (Å²) in [6, 6.07) is 13.7. The van der Waals surface area contributed by atoms with Gasteiger partial charge >= 0.3 is 6.03 Å². The van der Waals surface area contributed by atoms with Crippen molar-refractivity contribution in [2.45, 2.75) is 25.9 Å². The largest absolute Gasteiger partial charge is 0.373 e. The van der Waals surface area contributed by atoms with Crippen LogP contribution in [0.15, 0.2) is 48.7 Å². The fourth-order valence-electron chi connectivity index (χ4n) is 2.99. The van der Waals surface area contributed by atoms with E-state index in [0.29, 0.717) is 12.4 Å². The molecule has 5 heteroatoms. The lowest BCUT2D eigenvalue weighted by molar-refractivity contribution is -0.0268. The van der Waals surface area contributed by atoms with Gasteiger partial charge in [0.15, 0.2) is 0 Å². The van der Waals surface area contributed by atoms with Crippen LogP contribution in [0.1, 0.15) is 30.1 Å². The first-order chi connectivity index (χ1) is 11.7. The third kappa shape index (κ3) is 4.32. The van der Waals surface area contributed by atoms with Crippen LogP contribution in [-0.2, 0) is 4.74 Å². The standard InChI is InChI=1S/C19H23N3O2/c1-14-9-10-17(20-12-14)22-19(23)21-13-16-8-5-11-24-18(16)15-6-3-2-4-7-15/h2-4,6-7,9-10,12,16,18H,5,8,11,13H2,1H3,(H2,20,21,22,23)/t16-,18+/m0/s1. The molecule has 1 aromatic carbocycles. The maximum absolute atomic E-state index is 12.1. The molecule has 0 saturated carbocycles. The van der Waals surface area contributed by atoms with Crippen LogP contribution in [0.4, 0.5) is 10.6 Å². The van der Waals surface area contributed by atoms with Crippen LogP contribution in [0.3, 0.4) is 0 Å². The van der Waals surface area contributed by atoms with E-state index in [1.54, 1.807) is 12.3 Å². The molecule has 126 valence electrons. The van der Waals surface area contributed by atoms with Gasteiger partial charge in [0.25, 0.3) is 0 Å². The van der Waals surface area contributed by atoms with Gasteiger partial charge in [-0.05, 0) is 37.0 Å². The molecule has 0 unspecified atom stereocenters. The van der Waals surface area contributed by atoms with Crippen LogP contribution in [0.2, 0.25) is 0 Å². The highest BCUT2D eigenvalue weighted by Crippen LogP contribution is 2.33. The first kappa shape index (κ1) is 16.5. The number of rotatable bonds is 4. The number of anilines is 1. The molecule has 0 radical (unpaired) electrons. The quantitative estimate of drug-likeness (QED) is 0.901. The highest BCUT2D eigenvalue weighted by atomic mass is 16.5. The smallest absolute Gasteiger partial charge is 0.320 e. The highest BCUT2D eigenvalue weighted by Gasteiger charge is 2.27. The van der Waals surface area contributed by atoms with Crippen LogP contribution in [0.25, 0.3) is 0 Å². The minimum absolute atomic E-state index is 0.0396. The zero-order chi connectivity index (χ0) is 16.8. The van der Waals surface area contributed by atoms with Crippen molar-refractivity contribution in [2.24, 2.45) is 5.92 Å². The summed E-state index contributed by atoms with van der Waals surface area (Å²) in [5.74, 6) is 0.829.